The summed E-state index contributed by atoms with van der Waals surface area (Å²) in [4.78, 5) is 25.7. The van der Waals surface area contributed by atoms with Crippen molar-refractivity contribution < 1.29 is 18.0 Å². The van der Waals surface area contributed by atoms with Gasteiger partial charge in [0.2, 0.25) is 0 Å². The van der Waals surface area contributed by atoms with Gasteiger partial charge in [-0.1, -0.05) is 60.7 Å². The van der Waals surface area contributed by atoms with Crippen molar-refractivity contribution in [3.63, 3.8) is 0 Å². The fourth-order valence-corrected chi connectivity index (χ4v) is 4.67. The van der Waals surface area contributed by atoms with Crippen molar-refractivity contribution in [2.45, 2.75) is 25.6 Å². The summed E-state index contributed by atoms with van der Waals surface area (Å²) in [7, 11) is 0. The van der Waals surface area contributed by atoms with E-state index in [0.717, 1.165) is 28.8 Å². The Kier molecular flexibility index (Phi) is 4.55. The number of benzene rings is 3. The van der Waals surface area contributed by atoms with Gasteiger partial charge in [0, 0.05) is 22.9 Å². The van der Waals surface area contributed by atoms with Crippen LogP contribution in [0.3, 0.4) is 0 Å². The maximum absolute atomic E-state index is 13.6. The molecule has 0 fully saturated rings. The standard InChI is InChI=1S/C26H18F3NO2/c1-15(31)13-22-18-9-5-6-10-20(18)24-23(16-7-3-2-4-8-16)19-12-11-17(26(27,28)29)14-21(19)25(32)30(22)24/h2-12,14,22H,13H2,1H3. The van der Waals surface area contributed by atoms with Crippen LogP contribution in [0.5, 0.6) is 0 Å². The third-order valence-electron chi connectivity index (χ3n) is 5.97. The second-order valence-corrected chi connectivity index (χ2v) is 8.03. The van der Waals surface area contributed by atoms with Crippen LogP contribution in [0.4, 0.5) is 13.2 Å². The Balaban J connectivity index is 1.97. The van der Waals surface area contributed by atoms with Crippen LogP contribution in [0, 0.1) is 0 Å². The number of ketones is 1. The largest absolute Gasteiger partial charge is 0.416 e. The van der Waals surface area contributed by atoms with Crippen molar-refractivity contribution in [3.8, 4) is 22.4 Å². The third kappa shape index (κ3) is 3.06. The Morgan fingerprint density at radius 2 is 1.62 bits per heavy atom. The number of halogens is 3. The number of hydrogen-bond donors (Lipinski definition) is 0. The molecule has 0 N–H and O–H groups in total. The van der Waals surface area contributed by atoms with Crippen LogP contribution in [0.25, 0.3) is 33.2 Å². The molecular formula is C26H18F3NO2. The molecule has 3 aromatic carbocycles. The predicted octanol–water partition coefficient (Wildman–Crippen LogP) is 6.24. The lowest BCUT2D eigenvalue weighted by molar-refractivity contribution is -0.137. The highest BCUT2D eigenvalue weighted by Gasteiger charge is 2.35. The van der Waals surface area contributed by atoms with Gasteiger partial charge < -0.3 is 0 Å². The maximum atomic E-state index is 13.6. The zero-order valence-corrected chi connectivity index (χ0v) is 17.1. The van der Waals surface area contributed by atoms with Crippen molar-refractivity contribution >= 4 is 16.6 Å². The summed E-state index contributed by atoms with van der Waals surface area (Å²) in [6.45, 7) is 1.45. The minimum Gasteiger partial charge on any atom is -0.300 e. The molecule has 1 aromatic heterocycles. The Morgan fingerprint density at radius 1 is 0.938 bits per heavy atom. The topological polar surface area (TPSA) is 39.1 Å². The summed E-state index contributed by atoms with van der Waals surface area (Å²) in [6.07, 6.45) is -4.48. The first-order chi connectivity index (χ1) is 15.3. The summed E-state index contributed by atoms with van der Waals surface area (Å²) in [6, 6.07) is 19.5. The normalized spacial score (nSPS) is 14.9. The van der Waals surface area contributed by atoms with E-state index in [0.29, 0.717) is 16.6 Å². The van der Waals surface area contributed by atoms with Crippen molar-refractivity contribution in [1.82, 2.24) is 4.57 Å². The smallest absolute Gasteiger partial charge is 0.300 e. The lowest BCUT2D eigenvalue weighted by Gasteiger charge is -2.19. The first-order valence-electron chi connectivity index (χ1n) is 10.2. The molecule has 0 amide bonds. The van der Waals surface area contributed by atoms with E-state index in [2.05, 4.69) is 0 Å². The number of pyridine rings is 1. The molecular weight excluding hydrogens is 415 g/mol. The second kappa shape index (κ2) is 7.19. The molecule has 0 radical (unpaired) electrons. The van der Waals surface area contributed by atoms with Crippen LogP contribution < -0.4 is 5.56 Å². The summed E-state index contributed by atoms with van der Waals surface area (Å²) >= 11 is 0. The molecule has 0 bridgehead atoms. The third-order valence-corrected chi connectivity index (χ3v) is 5.97. The van der Waals surface area contributed by atoms with Crippen LogP contribution in [-0.2, 0) is 11.0 Å². The highest BCUT2D eigenvalue weighted by atomic mass is 19.4. The first-order valence-corrected chi connectivity index (χ1v) is 10.2. The predicted molar refractivity (Wildman–Crippen MR) is 118 cm³/mol. The molecule has 160 valence electrons. The first kappa shape index (κ1) is 20.2. The molecule has 0 spiro atoms. The summed E-state index contributed by atoms with van der Waals surface area (Å²) in [5.74, 6) is -0.102. The summed E-state index contributed by atoms with van der Waals surface area (Å²) in [5, 5.41) is 0.447. The summed E-state index contributed by atoms with van der Waals surface area (Å²) in [5.41, 5.74) is 2.35. The van der Waals surface area contributed by atoms with E-state index < -0.39 is 23.3 Å². The monoisotopic (exact) mass is 433 g/mol. The lowest BCUT2D eigenvalue weighted by Crippen LogP contribution is -2.25. The molecule has 1 unspecified atom stereocenters. The molecule has 5 rings (SSSR count). The van der Waals surface area contributed by atoms with Gasteiger partial charge >= 0.3 is 6.18 Å². The van der Waals surface area contributed by atoms with Crippen molar-refractivity contribution in [3.05, 3.63) is 94.3 Å². The molecule has 0 saturated heterocycles. The number of nitrogens with zero attached hydrogens (tertiary/aromatic N) is 1. The zero-order chi connectivity index (χ0) is 22.6. The van der Waals surface area contributed by atoms with Crippen molar-refractivity contribution in [2.75, 3.05) is 0 Å². The van der Waals surface area contributed by atoms with E-state index >= 15 is 0 Å². The molecule has 1 aliphatic rings. The molecule has 4 aromatic rings. The molecule has 3 nitrogen and oxygen atoms in total. The van der Waals surface area contributed by atoms with Gasteiger partial charge in [0.25, 0.3) is 5.56 Å². The number of hydrogen-bond acceptors (Lipinski definition) is 2. The minimum atomic E-state index is -4.57. The number of alkyl halides is 3. The number of carbonyl (C=O) groups is 1. The quantitative estimate of drug-likeness (QED) is 0.384. The van der Waals surface area contributed by atoms with Gasteiger partial charge in [0.1, 0.15) is 5.78 Å². The van der Waals surface area contributed by atoms with Crippen LogP contribution >= 0.6 is 0 Å². The van der Waals surface area contributed by atoms with Gasteiger partial charge in [-0.05, 0) is 35.6 Å². The molecule has 0 aliphatic carbocycles. The van der Waals surface area contributed by atoms with Crippen molar-refractivity contribution in [2.24, 2.45) is 0 Å². The van der Waals surface area contributed by atoms with E-state index in [-0.39, 0.29) is 17.6 Å². The number of aromatic nitrogens is 1. The van der Waals surface area contributed by atoms with E-state index in [4.69, 9.17) is 0 Å². The molecule has 6 heteroatoms. The van der Waals surface area contributed by atoms with Gasteiger partial charge in [-0.3, -0.25) is 14.2 Å². The van der Waals surface area contributed by atoms with Gasteiger partial charge in [-0.25, -0.2) is 0 Å². The van der Waals surface area contributed by atoms with Gasteiger partial charge in [0.05, 0.1) is 17.3 Å². The van der Waals surface area contributed by atoms with Gasteiger partial charge in [0.15, 0.2) is 0 Å². The number of rotatable bonds is 3. The fourth-order valence-electron chi connectivity index (χ4n) is 4.67. The van der Waals surface area contributed by atoms with Crippen LogP contribution in [0.1, 0.15) is 30.5 Å². The highest BCUT2D eigenvalue weighted by Crippen LogP contribution is 2.47. The average molecular weight is 433 g/mol. The number of carbonyl (C=O) groups excluding carboxylic acids is 1. The lowest BCUT2D eigenvalue weighted by atomic mass is 9.93. The van der Waals surface area contributed by atoms with E-state index in [1.165, 1.54) is 17.6 Å². The Morgan fingerprint density at radius 3 is 2.31 bits per heavy atom. The summed E-state index contributed by atoms with van der Waals surface area (Å²) < 4.78 is 41.9. The minimum absolute atomic E-state index is 0.0104. The SMILES string of the molecule is CC(=O)CC1c2ccccc2-c2c(-c3ccccc3)c3ccc(C(F)(F)F)cc3c(=O)n21. The van der Waals surface area contributed by atoms with Crippen LogP contribution in [-0.4, -0.2) is 10.4 Å². The molecule has 0 saturated carbocycles. The average Bonchev–Trinajstić information content (AvgIpc) is 3.08. The van der Waals surface area contributed by atoms with E-state index in [1.54, 1.807) is 0 Å². The van der Waals surface area contributed by atoms with Crippen molar-refractivity contribution in [1.29, 1.82) is 0 Å². The molecule has 1 atom stereocenters. The van der Waals surface area contributed by atoms with Gasteiger partial charge in [-0.2, -0.15) is 13.2 Å². The molecule has 1 aliphatic heterocycles. The number of Topliss-reactive ketones (excluding diaryl/α,β-unsaturated/α-hetero) is 1. The Hall–Kier alpha value is -3.67. The fraction of sp³-hybridized carbons (Fsp3) is 0.154. The van der Waals surface area contributed by atoms with Crippen LogP contribution in [0.2, 0.25) is 0 Å². The maximum Gasteiger partial charge on any atom is 0.416 e. The van der Waals surface area contributed by atoms with E-state index in [9.17, 15) is 22.8 Å². The second-order valence-electron chi connectivity index (χ2n) is 8.03. The Labute approximate surface area is 181 Å². The Bertz CT molecular complexity index is 1440. The molecule has 2 heterocycles. The number of fused-ring (bicyclic) bond motifs is 4. The van der Waals surface area contributed by atoms with Crippen LogP contribution in [0.15, 0.2) is 77.6 Å². The van der Waals surface area contributed by atoms with E-state index in [1.807, 2.05) is 54.6 Å². The highest BCUT2D eigenvalue weighted by molar-refractivity contribution is 6.04. The van der Waals surface area contributed by atoms with Gasteiger partial charge in [-0.15, -0.1) is 0 Å². The zero-order valence-electron chi connectivity index (χ0n) is 17.1. The molecule has 32 heavy (non-hydrogen) atoms.